The molecule has 1 aliphatic rings. The van der Waals surface area contributed by atoms with E-state index in [-0.39, 0.29) is 6.04 Å². The highest BCUT2D eigenvalue weighted by Crippen LogP contribution is 2.41. The van der Waals surface area contributed by atoms with Crippen LogP contribution in [-0.4, -0.2) is 18.7 Å². The second-order valence-electron chi connectivity index (χ2n) is 5.54. The fraction of sp³-hybridized carbons (Fsp3) is 0.158. The molecule has 1 unspecified atom stereocenters. The Kier molecular flexibility index (Phi) is 2.90. The Bertz CT molecular complexity index is 782. The largest absolute Gasteiger partial charge is 0.478 e. The van der Waals surface area contributed by atoms with Crippen LogP contribution in [0.5, 0.6) is 5.75 Å². The third-order valence-electron chi connectivity index (χ3n) is 4.18. The lowest BCUT2D eigenvalue weighted by Gasteiger charge is -2.35. The van der Waals surface area contributed by atoms with Crippen LogP contribution in [0.1, 0.15) is 17.2 Å². The standard InChI is InChI=1S/C19H17NO/c1-20-13-21-17-12-11-14-7-5-6-10-16(14)18(17)19(20)15-8-3-2-4-9-15/h2-12,19H,13H2,1H3. The van der Waals surface area contributed by atoms with E-state index in [9.17, 15) is 0 Å². The minimum Gasteiger partial charge on any atom is -0.478 e. The second-order valence-corrected chi connectivity index (χ2v) is 5.54. The van der Waals surface area contributed by atoms with E-state index in [4.69, 9.17) is 4.74 Å². The third-order valence-corrected chi connectivity index (χ3v) is 4.18. The Morgan fingerprint density at radius 3 is 2.52 bits per heavy atom. The molecule has 0 aromatic heterocycles. The summed E-state index contributed by atoms with van der Waals surface area (Å²) in [5.74, 6) is 1.00. The molecule has 2 nitrogen and oxygen atoms in total. The molecule has 3 aromatic carbocycles. The molecular formula is C19H17NO. The van der Waals surface area contributed by atoms with Gasteiger partial charge in [-0.3, -0.25) is 4.90 Å². The molecule has 0 radical (unpaired) electrons. The van der Waals surface area contributed by atoms with E-state index in [0.29, 0.717) is 6.73 Å². The lowest BCUT2D eigenvalue weighted by molar-refractivity contribution is 0.100. The molecule has 0 saturated carbocycles. The van der Waals surface area contributed by atoms with E-state index >= 15 is 0 Å². The van der Waals surface area contributed by atoms with Gasteiger partial charge in [-0.2, -0.15) is 0 Å². The number of hydrogen-bond acceptors (Lipinski definition) is 2. The zero-order valence-corrected chi connectivity index (χ0v) is 12.0. The van der Waals surface area contributed by atoms with Gasteiger partial charge in [0.2, 0.25) is 0 Å². The van der Waals surface area contributed by atoms with Crippen molar-refractivity contribution in [1.29, 1.82) is 0 Å². The molecule has 21 heavy (non-hydrogen) atoms. The Balaban J connectivity index is 2.00. The van der Waals surface area contributed by atoms with Gasteiger partial charge >= 0.3 is 0 Å². The molecule has 0 N–H and O–H groups in total. The summed E-state index contributed by atoms with van der Waals surface area (Å²) in [7, 11) is 2.11. The van der Waals surface area contributed by atoms with Crippen molar-refractivity contribution in [2.24, 2.45) is 0 Å². The van der Waals surface area contributed by atoms with Crippen LogP contribution < -0.4 is 4.74 Å². The minimum absolute atomic E-state index is 0.237. The summed E-state index contributed by atoms with van der Waals surface area (Å²) in [6.07, 6.45) is 0. The normalized spacial score (nSPS) is 18.2. The van der Waals surface area contributed by atoms with Crippen LogP contribution in [0, 0.1) is 0 Å². The number of fused-ring (bicyclic) bond motifs is 3. The molecule has 3 aromatic rings. The average molecular weight is 275 g/mol. The van der Waals surface area contributed by atoms with Crippen molar-refractivity contribution in [3.8, 4) is 5.75 Å². The van der Waals surface area contributed by atoms with Crippen LogP contribution in [0.3, 0.4) is 0 Å². The summed E-state index contributed by atoms with van der Waals surface area (Å²) in [5, 5.41) is 2.53. The minimum atomic E-state index is 0.237. The molecule has 0 bridgehead atoms. The molecule has 0 amide bonds. The molecule has 0 aliphatic carbocycles. The van der Waals surface area contributed by atoms with Crippen molar-refractivity contribution in [2.75, 3.05) is 13.8 Å². The van der Waals surface area contributed by atoms with E-state index in [0.717, 1.165) is 5.75 Å². The third kappa shape index (κ3) is 1.99. The molecule has 2 heteroatoms. The van der Waals surface area contributed by atoms with E-state index in [2.05, 4.69) is 78.7 Å². The Morgan fingerprint density at radius 1 is 0.905 bits per heavy atom. The zero-order valence-electron chi connectivity index (χ0n) is 12.0. The molecule has 1 heterocycles. The predicted molar refractivity (Wildman–Crippen MR) is 85.5 cm³/mol. The maximum absolute atomic E-state index is 5.92. The summed E-state index contributed by atoms with van der Waals surface area (Å²) >= 11 is 0. The first-order valence-corrected chi connectivity index (χ1v) is 7.24. The molecule has 4 rings (SSSR count). The molecule has 1 aliphatic heterocycles. The van der Waals surface area contributed by atoms with Gasteiger partial charge in [0, 0.05) is 5.56 Å². The van der Waals surface area contributed by atoms with Gasteiger partial charge in [0.15, 0.2) is 0 Å². The SMILES string of the molecule is CN1COc2ccc3ccccc3c2C1c1ccccc1. The van der Waals surface area contributed by atoms with Gasteiger partial charge in [0.05, 0.1) is 6.04 Å². The lowest BCUT2D eigenvalue weighted by Crippen LogP contribution is -2.34. The first-order valence-electron chi connectivity index (χ1n) is 7.24. The number of ether oxygens (including phenoxy) is 1. The summed E-state index contributed by atoms with van der Waals surface area (Å²) in [5.41, 5.74) is 2.58. The summed E-state index contributed by atoms with van der Waals surface area (Å²) < 4.78 is 5.92. The first-order chi connectivity index (χ1) is 10.3. The molecule has 0 saturated heterocycles. The van der Waals surface area contributed by atoms with E-state index < -0.39 is 0 Å². The van der Waals surface area contributed by atoms with Crippen molar-refractivity contribution >= 4 is 10.8 Å². The van der Waals surface area contributed by atoms with Gasteiger partial charge in [-0.15, -0.1) is 0 Å². The van der Waals surface area contributed by atoms with Crippen molar-refractivity contribution in [2.45, 2.75) is 6.04 Å². The molecule has 104 valence electrons. The second kappa shape index (κ2) is 4.90. The molecule has 0 fully saturated rings. The Labute approximate surface area is 124 Å². The highest BCUT2D eigenvalue weighted by Gasteiger charge is 2.28. The maximum atomic E-state index is 5.92. The highest BCUT2D eigenvalue weighted by molar-refractivity contribution is 5.88. The van der Waals surface area contributed by atoms with Crippen LogP contribution in [0.2, 0.25) is 0 Å². The number of nitrogens with zero attached hydrogens (tertiary/aromatic N) is 1. The van der Waals surface area contributed by atoms with Gasteiger partial charge in [-0.25, -0.2) is 0 Å². The Morgan fingerprint density at radius 2 is 1.67 bits per heavy atom. The van der Waals surface area contributed by atoms with E-state index in [1.807, 2.05) is 0 Å². The highest BCUT2D eigenvalue weighted by atomic mass is 16.5. The van der Waals surface area contributed by atoms with Gasteiger partial charge in [0.1, 0.15) is 12.5 Å². The summed E-state index contributed by atoms with van der Waals surface area (Å²) in [4.78, 5) is 2.25. The van der Waals surface area contributed by atoms with Crippen LogP contribution in [0.15, 0.2) is 66.7 Å². The Hall–Kier alpha value is -2.32. The van der Waals surface area contributed by atoms with Gasteiger partial charge < -0.3 is 4.74 Å². The van der Waals surface area contributed by atoms with Crippen molar-refractivity contribution < 1.29 is 4.74 Å². The molecule has 0 spiro atoms. The van der Waals surface area contributed by atoms with Gasteiger partial charge in [-0.05, 0) is 29.4 Å². The summed E-state index contributed by atoms with van der Waals surface area (Å²) in [6, 6.07) is 23.6. The van der Waals surface area contributed by atoms with Crippen molar-refractivity contribution in [3.63, 3.8) is 0 Å². The van der Waals surface area contributed by atoms with Crippen LogP contribution in [0.25, 0.3) is 10.8 Å². The fourth-order valence-electron chi connectivity index (χ4n) is 3.21. The van der Waals surface area contributed by atoms with Crippen LogP contribution >= 0.6 is 0 Å². The van der Waals surface area contributed by atoms with Crippen LogP contribution in [-0.2, 0) is 0 Å². The van der Waals surface area contributed by atoms with E-state index in [1.54, 1.807) is 0 Å². The van der Waals surface area contributed by atoms with Gasteiger partial charge in [-0.1, -0.05) is 60.7 Å². The fourth-order valence-corrected chi connectivity index (χ4v) is 3.21. The zero-order chi connectivity index (χ0) is 14.2. The van der Waals surface area contributed by atoms with Crippen molar-refractivity contribution in [1.82, 2.24) is 4.90 Å². The maximum Gasteiger partial charge on any atom is 0.142 e. The molecular weight excluding hydrogens is 258 g/mol. The topological polar surface area (TPSA) is 12.5 Å². The van der Waals surface area contributed by atoms with Crippen molar-refractivity contribution in [3.05, 3.63) is 77.9 Å². The molecule has 1 atom stereocenters. The predicted octanol–water partition coefficient (Wildman–Crippen LogP) is 4.21. The first kappa shape index (κ1) is 12.4. The van der Waals surface area contributed by atoms with Crippen LogP contribution in [0.4, 0.5) is 0 Å². The lowest BCUT2D eigenvalue weighted by atomic mass is 9.91. The number of hydrogen-bond donors (Lipinski definition) is 0. The average Bonchev–Trinajstić information content (AvgIpc) is 2.55. The summed E-state index contributed by atoms with van der Waals surface area (Å²) in [6.45, 7) is 0.616. The smallest absolute Gasteiger partial charge is 0.142 e. The number of rotatable bonds is 1. The quantitative estimate of drug-likeness (QED) is 0.659. The number of benzene rings is 3. The van der Waals surface area contributed by atoms with E-state index in [1.165, 1.54) is 21.9 Å². The van der Waals surface area contributed by atoms with Gasteiger partial charge in [0.25, 0.3) is 0 Å². The monoisotopic (exact) mass is 275 g/mol.